The van der Waals surface area contributed by atoms with Gasteiger partial charge in [0.2, 0.25) is 0 Å². The summed E-state index contributed by atoms with van der Waals surface area (Å²) in [5.41, 5.74) is 0.0644. The molecule has 0 aromatic carbocycles. The van der Waals surface area contributed by atoms with Gasteiger partial charge in [-0.2, -0.15) is 0 Å². The first-order chi connectivity index (χ1) is 5.61. The van der Waals surface area contributed by atoms with Crippen LogP contribution in [0.2, 0.25) is 0 Å². The van der Waals surface area contributed by atoms with Gasteiger partial charge in [-0.1, -0.05) is 12.7 Å². The van der Waals surface area contributed by atoms with E-state index in [2.05, 4.69) is 11.6 Å². The van der Waals surface area contributed by atoms with Crippen molar-refractivity contribution in [1.82, 2.24) is 0 Å². The lowest BCUT2D eigenvalue weighted by atomic mass is 10.2. The molecule has 66 valence electrons. The zero-order chi connectivity index (χ0) is 9.56. The highest BCUT2D eigenvalue weighted by Crippen LogP contribution is 2.11. The van der Waals surface area contributed by atoms with Gasteiger partial charge in [0.05, 0.1) is 0 Å². The van der Waals surface area contributed by atoms with Crippen LogP contribution in [0.3, 0.4) is 0 Å². The van der Waals surface area contributed by atoms with Gasteiger partial charge in [0.1, 0.15) is 11.7 Å². The standard InChI is InChI=1S/C9H11F2N/c1-4-8(10)5-9(11)7(2)6-12-3/h4-6H,2H2,1,3H3/b8-4+,9-5+,12-6+. The molecule has 0 aliphatic carbocycles. The smallest absolute Gasteiger partial charge is 0.134 e. The minimum Gasteiger partial charge on any atom is -0.296 e. The maximum absolute atomic E-state index is 12.8. The van der Waals surface area contributed by atoms with Crippen LogP contribution in [0, 0.1) is 0 Å². The summed E-state index contributed by atoms with van der Waals surface area (Å²) < 4.78 is 25.3. The first-order valence-corrected chi connectivity index (χ1v) is 3.42. The summed E-state index contributed by atoms with van der Waals surface area (Å²) in [5, 5.41) is 0. The first-order valence-electron chi connectivity index (χ1n) is 3.42. The second-order valence-electron chi connectivity index (χ2n) is 2.08. The topological polar surface area (TPSA) is 12.4 Å². The Kier molecular flexibility index (Phi) is 4.84. The minimum absolute atomic E-state index is 0.0644. The molecule has 0 N–H and O–H groups in total. The van der Waals surface area contributed by atoms with Crippen LogP contribution in [-0.2, 0) is 0 Å². The van der Waals surface area contributed by atoms with E-state index in [0.717, 1.165) is 12.2 Å². The second-order valence-corrected chi connectivity index (χ2v) is 2.08. The molecule has 0 fully saturated rings. The Morgan fingerprint density at radius 2 is 2.00 bits per heavy atom. The summed E-state index contributed by atoms with van der Waals surface area (Å²) in [4.78, 5) is 3.54. The van der Waals surface area contributed by atoms with Crippen LogP contribution in [-0.4, -0.2) is 13.3 Å². The van der Waals surface area contributed by atoms with Gasteiger partial charge in [0.25, 0.3) is 0 Å². The maximum Gasteiger partial charge on any atom is 0.134 e. The number of halogens is 2. The molecule has 0 unspecified atom stereocenters. The molecule has 0 aliphatic rings. The van der Waals surface area contributed by atoms with Crippen LogP contribution in [0.5, 0.6) is 0 Å². The Morgan fingerprint density at radius 3 is 2.42 bits per heavy atom. The van der Waals surface area contributed by atoms with E-state index < -0.39 is 11.7 Å². The molecule has 0 aromatic rings. The van der Waals surface area contributed by atoms with Crippen LogP contribution >= 0.6 is 0 Å². The highest BCUT2D eigenvalue weighted by molar-refractivity contribution is 5.82. The quantitative estimate of drug-likeness (QED) is 0.457. The number of hydrogen-bond donors (Lipinski definition) is 0. The average molecular weight is 171 g/mol. The number of aliphatic imine (C=N–C) groups is 1. The van der Waals surface area contributed by atoms with Gasteiger partial charge in [-0.15, -0.1) is 0 Å². The van der Waals surface area contributed by atoms with Gasteiger partial charge in [0.15, 0.2) is 0 Å². The molecule has 0 aliphatic heterocycles. The molecule has 0 bridgehead atoms. The van der Waals surface area contributed by atoms with Crippen LogP contribution in [0.15, 0.2) is 41.0 Å². The summed E-state index contributed by atoms with van der Waals surface area (Å²) in [6.45, 7) is 4.83. The monoisotopic (exact) mass is 171 g/mol. The Labute approximate surface area is 70.8 Å². The summed E-state index contributed by atoms with van der Waals surface area (Å²) in [5.74, 6) is -1.34. The van der Waals surface area contributed by atoms with Gasteiger partial charge in [-0.05, 0) is 6.92 Å². The molecule has 0 radical (unpaired) electrons. The van der Waals surface area contributed by atoms with Gasteiger partial charge in [-0.3, -0.25) is 4.99 Å². The zero-order valence-electron chi connectivity index (χ0n) is 7.14. The molecule has 0 saturated heterocycles. The largest absolute Gasteiger partial charge is 0.296 e. The molecular weight excluding hydrogens is 160 g/mol. The van der Waals surface area contributed by atoms with E-state index in [0.29, 0.717) is 0 Å². The number of hydrogen-bond acceptors (Lipinski definition) is 1. The minimum atomic E-state index is -0.712. The molecule has 0 rings (SSSR count). The Hall–Kier alpha value is -1.25. The third kappa shape index (κ3) is 3.81. The fourth-order valence-corrected chi connectivity index (χ4v) is 0.515. The van der Waals surface area contributed by atoms with Gasteiger partial charge in [-0.25, -0.2) is 8.78 Å². The highest BCUT2D eigenvalue weighted by atomic mass is 19.1. The zero-order valence-corrected chi connectivity index (χ0v) is 7.14. The molecule has 0 spiro atoms. The fourth-order valence-electron chi connectivity index (χ4n) is 0.515. The van der Waals surface area contributed by atoms with Crippen molar-refractivity contribution in [3.05, 3.63) is 36.0 Å². The van der Waals surface area contributed by atoms with Crippen molar-refractivity contribution in [2.24, 2.45) is 4.99 Å². The summed E-state index contributed by atoms with van der Waals surface area (Å²) in [6.07, 6.45) is 3.16. The number of nitrogens with zero attached hydrogens (tertiary/aromatic N) is 1. The third-order valence-corrected chi connectivity index (χ3v) is 1.13. The molecule has 0 amide bonds. The molecule has 0 aromatic heterocycles. The van der Waals surface area contributed by atoms with Crippen molar-refractivity contribution in [1.29, 1.82) is 0 Å². The fraction of sp³-hybridized carbons (Fsp3) is 0.222. The number of rotatable bonds is 3. The molecule has 0 atom stereocenters. The van der Waals surface area contributed by atoms with E-state index in [-0.39, 0.29) is 5.57 Å². The molecule has 3 heteroatoms. The lowest BCUT2D eigenvalue weighted by Gasteiger charge is -1.92. The van der Waals surface area contributed by atoms with Crippen LogP contribution in [0.4, 0.5) is 8.78 Å². The predicted molar refractivity (Wildman–Crippen MR) is 47.6 cm³/mol. The Bertz CT molecular complexity index is 249. The Morgan fingerprint density at radius 1 is 1.42 bits per heavy atom. The van der Waals surface area contributed by atoms with E-state index >= 15 is 0 Å². The summed E-state index contributed by atoms with van der Waals surface area (Å²) in [7, 11) is 1.49. The maximum atomic E-state index is 12.8. The van der Waals surface area contributed by atoms with Crippen molar-refractivity contribution in [2.75, 3.05) is 7.05 Å². The molecule has 12 heavy (non-hydrogen) atoms. The SMILES string of the molecule is C=C(/C=N/C)/C(F)=C\C(F)=C/C. The van der Waals surface area contributed by atoms with Crippen LogP contribution in [0.25, 0.3) is 0 Å². The third-order valence-electron chi connectivity index (χ3n) is 1.13. The van der Waals surface area contributed by atoms with Gasteiger partial charge < -0.3 is 0 Å². The van der Waals surface area contributed by atoms with Crippen molar-refractivity contribution in [3.63, 3.8) is 0 Å². The van der Waals surface area contributed by atoms with Crippen molar-refractivity contribution < 1.29 is 8.78 Å². The molecular formula is C9H11F2N. The summed E-state index contributed by atoms with van der Waals surface area (Å²) in [6, 6.07) is 0. The van der Waals surface area contributed by atoms with E-state index in [1.165, 1.54) is 20.2 Å². The first kappa shape index (κ1) is 10.8. The second kappa shape index (κ2) is 5.41. The average Bonchev–Trinajstić information content (AvgIpc) is 2.04. The van der Waals surface area contributed by atoms with Crippen LogP contribution in [0.1, 0.15) is 6.92 Å². The van der Waals surface area contributed by atoms with Gasteiger partial charge in [0, 0.05) is 24.9 Å². The van der Waals surface area contributed by atoms with Crippen molar-refractivity contribution in [2.45, 2.75) is 6.92 Å². The molecule has 0 heterocycles. The number of allylic oxidation sites excluding steroid dienone is 5. The normalized spacial score (nSPS) is 14.0. The summed E-state index contributed by atoms with van der Waals surface area (Å²) >= 11 is 0. The van der Waals surface area contributed by atoms with Crippen molar-refractivity contribution >= 4 is 6.21 Å². The molecule has 1 nitrogen and oxygen atoms in total. The van der Waals surface area contributed by atoms with Crippen LogP contribution < -0.4 is 0 Å². The Balaban J connectivity index is 4.48. The molecule has 0 saturated carbocycles. The van der Waals surface area contributed by atoms with E-state index in [4.69, 9.17) is 0 Å². The van der Waals surface area contributed by atoms with E-state index in [1.54, 1.807) is 0 Å². The lowest BCUT2D eigenvalue weighted by molar-refractivity contribution is 0.627. The highest BCUT2D eigenvalue weighted by Gasteiger charge is 1.98. The van der Waals surface area contributed by atoms with Gasteiger partial charge >= 0.3 is 0 Å². The van der Waals surface area contributed by atoms with E-state index in [9.17, 15) is 8.78 Å². The lowest BCUT2D eigenvalue weighted by Crippen LogP contribution is -1.83. The van der Waals surface area contributed by atoms with E-state index in [1.807, 2.05) is 0 Å². The predicted octanol–water partition coefficient (Wildman–Crippen LogP) is 2.97. The van der Waals surface area contributed by atoms with Crippen molar-refractivity contribution in [3.8, 4) is 0 Å².